The van der Waals surface area contributed by atoms with E-state index in [9.17, 15) is 18.0 Å². The number of alkyl halides is 3. The quantitative estimate of drug-likeness (QED) is 0.612. The molecule has 1 aliphatic carbocycles. The van der Waals surface area contributed by atoms with E-state index in [-0.39, 0.29) is 18.7 Å². The number of halogens is 3. The fourth-order valence-electron chi connectivity index (χ4n) is 2.27. The fourth-order valence-corrected chi connectivity index (χ4v) is 2.27. The Kier molecular flexibility index (Phi) is 5.52. The molecule has 0 spiro atoms. The maximum absolute atomic E-state index is 12.6. The van der Waals surface area contributed by atoms with E-state index < -0.39 is 18.0 Å². The largest absolute Gasteiger partial charge is 0.391 e. The SMILES string of the molecule is C#CCCCNC(=O)C1CCCC(C(F)(F)F)C1. The highest BCUT2D eigenvalue weighted by molar-refractivity contribution is 5.78. The van der Waals surface area contributed by atoms with Crippen molar-refractivity contribution in [3.8, 4) is 12.3 Å². The van der Waals surface area contributed by atoms with Gasteiger partial charge in [-0.3, -0.25) is 4.79 Å². The number of unbranched alkanes of at least 4 members (excludes halogenated alkanes) is 1. The second kappa shape index (κ2) is 6.67. The molecule has 2 unspecified atom stereocenters. The molecule has 0 aromatic rings. The Balaban J connectivity index is 2.37. The van der Waals surface area contributed by atoms with Crippen LogP contribution in [0.3, 0.4) is 0 Å². The molecule has 18 heavy (non-hydrogen) atoms. The van der Waals surface area contributed by atoms with E-state index in [0.29, 0.717) is 32.2 Å². The maximum Gasteiger partial charge on any atom is 0.391 e. The van der Waals surface area contributed by atoms with Gasteiger partial charge in [0, 0.05) is 18.9 Å². The number of terminal acetylenes is 1. The third-order valence-electron chi connectivity index (χ3n) is 3.31. The number of nitrogens with one attached hydrogen (secondary N) is 1. The minimum absolute atomic E-state index is 0.0789. The van der Waals surface area contributed by atoms with E-state index in [1.807, 2.05) is 0 Å². The van der Waals surface area contributed by atoms with Gasteiger partial charge in [0.2, 0.25) is 5.91 Å². The Hall–Kier alpha value is -1.18. The van der Waals surface area contributed by atoms with Gasteiger partial charge in [-0.1, -0.05) is 6.42 Å². The standard InChI is InChI=1S/C13H18F3NO/c1-2-3-4-8-17-12(18)10-6-5-7-11(9-10)13(14,15)16/h1,10-11H,3-9H2,(H,17,18). The van der Waals surface area contributed by atoms with Gasteiger partial charge in [-0.2, -0.15) is 13.2 Å². The fraction of sp³-hybridized carbons (Fsp3) is 0.769. The molecule has 1 rings (SSSR count). The zero-order valence-corrected chi connectivity index (χ0v) is 10.2. The Bertz CT molecular complexity index is 319. The molecule has 2 nitrogen and oxygen atoms in total. The van der Waals surface area contributed by atoms with Crippen LogP contribution in [0.4, 0.5) is 13.2 Å². The minimum Gasteiger partial charge on any atom is -0.356 e. The van der Waals surface area contributed by atoms with E-state index in [0.717, 1.165) is 0 Å². The van der Waals surface area contributed by atoms with E-state index in [1.165, 1.54) is 0 Å². The highest BCUT2D eigenvalue weighted by Gasteiger charge is 2.43. The van der Waals surface area contributed by atoms with Crippen LogP contribution in [-0.2, 0) is 4.79 Å². The van der Waals surface area contributed by atoms with Crippen molar-refractivity contribution in [2.24, 2.45) is 11.8 Å². The summed E-state index contributed by atoms with van der Waals surface area (Å²) in [6, 6.07) is 0. The van der Waals surface area contributed by atoms with Crippen molar-refractivity contribution >= 4 is 5.91 Å². The van der Waals surface area contributed by atoms with Crippen LogP contribution in [0.1, 0.15) is 38.5 Å². The summed E-state index contributed by atoms with van der Waals surface area (Å²) in [7, 11) is 0. The monoisotopic (exact) mass is 261 g/mol. The van der Waals surface area contributed by atoms with Crippen LogP contribution >= 0.6 is 0 Å². The van der Waals surface area contributed by atoms with Gasteiger partial charge in [0.05, 0.1) is 5.92 Å². The molecule has 1 amide bonds. The number of carbonyl (C=O) groups excluding carboxylic acids is 1. The molecule has 0 aromatic carbocycles. The molecule has 0 radical (unpaired) electrons. The molecule has 1 saturated carbocycles. The predicted molar refractivity (Wildman–Crippen MR) is 62.6 cm³/mol. The summed E-state index contributed by atoms with van der Waals surface area (Å²) in [5, 5.41) is 2.66. The summed E-state index contributed by atoms with van der Waals surface area (Å²) in [6.45, 7) is 0.441. The lowest BCUT2D eigenvalue weighted by molar-refractivity contribution is -0.186. The second-order valence-corrected chi connectivity index (χ2v) is 4.70. The maximum atomic E-state index is 12.6. The molecule has 1 aliphatic rings. The summed E-state index contributed by atoms with van der Waals surface area (Å²) in [4.78, 5) is 11.7. The van der Waals surface area contributed by atoms with Crippen molar-refractivity contribution in [1.29, 1.82) is 0 Å². The van der Waals surface area contributed by atoms with Gasteiger partial charge in [-0.25, -0.2) is 0 Å². The van der Waals surface area contributed by atoms with Crippen molar-refractivity contribution in [1.82, 2.24) is 5.32 Å². The summed E-state index contributed by atoms with van der Waals surface area (Å²) >= 11 is 0. The molecular weight excluding hydrogens is 243 g/mol. The van der Waals surface area contributed by atoms with Crippen molar-refractivity contribution in [3.05, 3.63) is 0 Å². The molecule has 0 heterocycles. The molecular formula is C13H18F3NO. The number of hydrogen-bond donors (Lipinski definition) is 1. The average molecular weight is 261 g/mol. The first-order chi connectivity index (χ1) is 8.45. The molecule has 2 atom stereocenters. The third-order valence-corrected chi connectivity index (χ3v) is 3.31. The van der Waals surface area contributed by atoms with Crippen LogP contribution in [-0.4, -0.2) is 18.6 Å². The summed E-state index contributed by atoms with van der Waals surface area (Å²) in [5.41, 5.74) is 0. The predicted octanol–water partition coefficient (Wildman–Crippen LogP) is 2.88. The first-order valence-corrected chi connectivity index (χ1v) is 6.23. The van der Waals surface area contributed by atoms with Gasteiger partial charge in [-0.05, 0) is 25.7 Å². The van der Waals surface area contributed by atoms with Crippen molar-refractivity contribution in [2.75, 3.05) is 6.54 Å². The van der Waals surface area contributed by atoms with Crippen molar-refractivity contribution in [3.63, 3.8) is 0 Å². The Morgan fingerprint density at radius 3 is 2.72 bits per heavy atom. The van der Waals surface area contributed by atoms with Crippen LogP contribution < -0.4 is 5.32 Å². The lowest BCUT2D eigenvalue weighted by atomic mass is 9.80. The number of amides is 1. The zero-order chi connectivity index (χ0) is 13.6. The van der Waals surface area contributed by atoms with Gasteiger partial charge in [0.15, 0.2) is 0 Å². The third kappa shape index (κ3) is 4.59. The van der Waals surface area contributed by atoms with Crippen LogP contribution in [0.2, 0.25) is 0 Å². The van der Waals surface area contributed by atoms with Crippen molar-refractivity contribution < 1.29 is 18.0 Å². The lowest BCUT2D eigenvalue weighted by Crippen LogP contribution is -2.37. The summed E-state index contributed by atoms with van der Waals surface area (Å²) in [6.07, 6.45) is 3.20. The van der Waals surface area contributed by atoms with E-state index in [1.54, 1.807) is 0 Å². The molecule has 1 fully saturated rings. The average Bonchev–Trinajstić information content (AvgIpc) is 2.33. The van der Waals surface area contributed by atoms with Crippen LogP contribution in [0, 0.1) is 24.2 Å². The highest BCUT2D eigenvalue weighted by atomic mass is 19.4. The molecule has 5 heteroatoms. The number of rotatable bonds is 4. The topological polar surface area (TPSA) is 29.1 Å². The molecule has 1 N–H and O–H groups in total. The number of carbonyl (C=O) groups is 1. The molecule has 102 valence electrons. The summed E-state index contributed by atoms with van der Waals surface area (Å²) in [5.74, 6) is 0.355. The van der Waals surface area contributed by atoms with E-state index in [2.05, 4.69) is 11.2 Å². The Morgan fingerprint density at radius 1 is 1.39 bits per heavy atom. The smallest absolute Gasteiger partial charge is 0.356 e. The van der Waals surface area contributed by atoms with Gasteiger partial charge in [-0.15, -0.1) is 12.3 Å². The van der Waals surface area contributed by atoms with Gasteiger partial charge in [0.1, 0.15) is 0 Å². The highest BCUT2D eigenvalue weighted by Crippen LogP contribution is 2.39. The minimum atomic E-state index is -4.18. The van der Waals surface area contributed by atoms with Crippen molar-refractivity contribution in [2.45, 2.75) is 44.7 Å². The van der Waals surface area contributed by atoms with E-state index >= 15 is 0 Å². The first-order valence-electron chi connectivity index (χ1n) is 6.23. The molecule has 0 saturated heterocycles. The van der Waals surface area contributed by atoms with Crippen LogP contribution in [0.5, 0.6) is 0 Å². The Labute approximate surface area is 105 Å². The second-order valence-electron chi connectivity index (χ2n) is 4.70. The van der Waals surface area contributed by atoms with Gasteiger partial charge >= 0.3 is 6.18 Å². The lowest BCUT2D eigenvalue weighted by Gasteiger charge is -2.29. The first kappa shape index (κ1) is 14.9. The normalized spacial score (nSPS) is 24.3. The van der Waals surface area contributed by atoms with Crippen LogP contribution in [0.15, 0.2) is 0 Å². The summed E-state index contributed by atoms with van der Waals surface area (Å²) < 4.78 is 37.7. The van der Waals surface area contributed by atoms with E-state index in [4.69, 9.17) is 6.42 Å². The van der Waals surface area contributed by atoms with Crippen LogP contribution in [0.25, 0.3) is 0 Å². The zero-order valence-electron chi connectivity index (χ0n) is 10.2. The molecule has 0 bridgehead atoms. The molecule has 0 aromatic heterocycles. The number of hydrogen-bond acceptors (Lipinski definition) is 1. The Morgan fingerprint density at radius 2 is 2.11 bits per heavy atom. The molecule has 0 aliphatic heterocycles. The van der Waals surface area contributed by atoms with Gasteiger partial charge in [0.25, 0.3) is 0 Å². The van der Waals surface area contributed by atoms with Gasteiger partial charge < -0.3 is 5.32 Å².